The molecule has 0 unspecified atom stereocenters. The summed E-state index contributed by atoms with van der Waals surface area (Å²) in [6, 6.07) is 13.6. The fourth-order valence-electron chi connectivity index (χ4n) is 2.50. The van der Waals surface area contributed by atoms with Crippen LogP contribution in [0.2, 0.25) is 0 Å². The Labute approximate surface area is 158 Å². The molecule has 1 heterocycles. The normalized spacial score (nSPS) is 12.0. The standard InChI is InChI=1S/C19H19BrN2O2S/c1-3-24-11-10-22-16-9-8-15(20)12-17(16)25-19(22)21-18(23)14-6-4-13(2)5-7-14/h4-9,12H,3,10-11H2,1-2H3. The number of carbonyl (C=O) groups is 1. The Morgan fingerprint density at radius 1 is 1.24 bits per heavy atom. The SMILES string of the molecule is CCOCCn1c(=NC(=O)c2ccc(C)cc2)sc2cc(Br)ccc21. The highest BCUT2D eigenvalue weighted by Crippen LogP contribution is 2.22. The monoisotopic (exact) mass is 418 g/mol. The highest BCUT2D eigenvalue weighted by molar-refractivity contribution is 9.10. The third-order valence-electron chi connectivity index (χ3n) is 3.80. The first-order valence-corrected chi connectivity index (χ1v) is 9.72. The first-order valence-electron chi connectivity index (χ1n) is 8.11. The lowest BCUT2D eigenvalue weighted by Crippen LogP contribution is -2.19. The molecule has 0 atom stereocenters. The van der Waals surface area contributed by atoms with Crippen molar-refractivity contribution in [2.45, 2.75) is 20.4 Å². The number of aryl methyl sites for hydroxylation is 1. The third-order valence-corrected chi connectivity index (χ3v) is 5.34. The van der Waals surface area contributed by atoms with Crippen LogP contribution in [0.5, 0.6) is 0 Å². The van der Waals surface area contributed by atoms with E-state index in [1.165, 1.54) is 11.3 Å². The molecule has 0 spiro atoms. The quantitative estimate of drug-likeness (QED) is 0.570. The number of fused-ring (bicyclic) bond motifs is 1. The zero-order valence-electron chi connectivity index (χ0n) is 14.2. The molecule has 130 valence electrons. The number of hydrogen-bond acceptors (Lipinski definition) is 3. The van der Waals surface area contributed by atoms with E-state index in [-0.39, 0.29) is 5.91 Å². The van der Waals surface area contributed by atoms with Crippen molar-refractivity contribution in [2.24, 2.45) is 4.99 Å². The molecule has 0 saturated carbocycles. The zero-order chi connectivity index (χ0) is 17.8. The van der Waals surface area contributed by atoms with E-state index in [2.05, 4.69) is 20.9 Å². The largest absolute Gasteiger partial charge is 0.380 e. The van der Waals surface area contributed by atoms with Crippen molar-refractivity contribution < 1.29 is 9.53 Å². The minimum atomic E-state index is -0.226. The van der Waals surface area contributed by atoms with Gasteiger partial charge in [0.25, 0.3) is 5.91 Å². The summed E-state index contributed by atoms with van der Waals surface area (Å²) in [6.07, 6.45) is 0. The molecule has 25 heavy (non-hydrogen) atoms. The van der Waals surface area contributed by atoms with Crippen LogP contribution in [-0.2, 0) is 11.3 Å². The maximum atomic E-state index is 12.5. The average molecular weight is 419 g/mol. The number of nitrogens with zero attached hydrogens (tertiary/aromatic N) is 2. The number of aromatic nitrogens is 1. The summed E-state index contributed by atoms with van der Waals surface area (Å²) in [6.45, 7) is 5.89. The summed E-state index contributed by atoms with van der Waals surface area (Å²) in [7, 11) is 0. The molecule has 0 saturated heterocycles. The lowest BCUT2D eigenvalue weighted by Gasteiger charge is -2.05. The fourth-order valence-corrected chi connectivity index (χ4v) is 4.10. The Balaban J connectivity index is 2.04. The number of amides is 1. The zero-order valence-corrected chi connectivity index (χ0v) is 16.6. The Morgan fingerprint density at radius 2 is 2.00 bits per heavy atom. The molecule has 0 N–H and O–H groups in total. The average Bonchev–Trinajstić information content (AvgIpc) is 2.92. The number of hydrogen-bond donors (Lipinski definition) is 0. The van der Waals surface area contributed by atoms with Crippen molar-refractivity contribution >= 4 is 43.4 Å². The number of thiazole rings is 1. The maximum Gasteiger partial charge on any atom is 0.279 e. The molecule has 0 radical (unpaired) electrons. The first kappa shape index (κ1) is 18.0. The lowest BCUT2D eigenvalue weighted by atomic mass is 10.1. The molecule has 3 aromatic rings. The maximum absolute atomic E-state index is 12.5. The van der Waals surface area contributed by atoms with Crippen molar-refractivity contribution in [1.29, 1.82) is 0 Å². The van der Waals surface area contributed by atoms with Gasteiger partial charge in [-0.25, -0.2) is 0 Å². The Morgan fingerprint density at radius 3 is 2.72 bits per heavy atom. The minimum Gasteiger partial charge on any atom is -0.380 e. The van der Waals surface area contributed by atoms with Crippen LogP contribution in [0.25, 0.3) is 10.2 Å². The van der Waals surface area contributed by atoms with Gasteiger partial charge in [0.1, 0.15) is 0 Å². The first-order chi connectivity index (χ1) is 12.1. The number of carbonyl (C=O) groups excluding carboxylic acids is 1. The Kier molecular flexibility index (Phi) is 5.83. The Bertz CT molecular complexity index is 958. The topological polar surface area (TPSA) is 43.6 Å². The highest BCUT2D eigenvalue weighted by Gasteiger charge is 2.09. The molecule has 0 aliphatic carbocycles. The second-order valence-electron chi connectivity index (χ2n) is 5.63. The predicted molar refractivity (Wildman–Crippen MR) is 105 cm³/mol. The highest BCUT2D eigenvalue weighted by atomic mass is 79.9. The van der Waals surface area contributed by atoms with Crippen LogP contribution in [0, 0.1) is 6.92 Å². The van der Waals surface area contributed by atoms with Gasteiger partial charge >= 0.3 is 0 Å². The van der Waals surface area contributed by atoms with Gasteiger partial charge in [-0.05, 0) is 44.2 Å². The second-order valence-corrected chi connectivity index (χ2v) is 7.55. The molecular weight excluding hydrogens is 400 g/mol. The molecule has 1 aromatic heterocycles. The van der Waals surface area contributed by atoms with Crippen LogP contribution in [0.1, 0.15) is 22.8 Å². The molecule has 1 amide bonds. The third kappa shape index (κ3) is 4.26. The molecule has 2 aromatic carbocycles. The second kappa shape index (κ2) is 8.08. The van der Waals surface area contributed by atoms with Crippen molar-refractivity contribution in [2.75, 3.05) is 13.2 Å². The van der Waals surface area contributed by atoms with E-state index in [9.17, 15) is 4.79 Å². The van der Waals surface area contributed by atoms with E-state index < -0.39 is 0 Å². The van der Waals surface area contributed by atoms with Gasteiger partial charge in [0.2, 0.25) is 0 Å². The summed E-state index contributed by atoms with van der Waals surface area (Å²) in [4.78, 5) is 17.6. The molecule has 4 nitrogen and oxygen atoms in total. The van der Waals surface area contributed by atoms with Crippen molar-refractivity contribution in [3.8, 4) is 0 Å². The van der Waals surface area contributed by atoms with Crippen molar-refractivity contribution in [3.63, 3.8) is 0 Å². The fraction of sp³-hybridized carbons (Fsp3) is 0.263. The summed E-state index contributed by atoms with van der Waals surface area (Å²) in [5.74, 6) is -0.226. The van der Waals surface area contributed by atoms with Gasteiger partial charge in [-0.15, -0.1) is 0 Å². The molecule has 0 fully saturated rings. The molecular formula is C19H19BrN2O2S. The number of halogens is 1. The summed E-state index contributed by atoms with van der Waals surface area (Å²) in [5.41, 5.74) is 2.78. The van der Waals surface area contributed by atoms with Crippen LogP contribution in [0.15, 0.2) is 51.9 Å². The molecule has 6 heteroatoms. The van der Waals surface area contributed by atoms with E-state index in [4.69, 9.17) is 4.74 Å². The smallest absolute Gasteiger partial charge is 0.279 e. The summed E-state index contributed by atoms with van der Waals surface area (Å²) >= 11 is 5.01. The molecule has 3 rings (SSSR count). The summed E-state index contributed by atoms with van der Waals surface area (Å²) in [5, 5.41) is 0. The number of rotatable bonds is 5. The van der Waals surface area contributed by atoms with E-state index in [0.29, 0.717) is 30.1 Å². The molecule has 0 aliphatic heterocycles. The van der Waals surface area contributed by atoms with E-state index in [1.54, 1.807) is 0 Å². The van der Waals surface area contributed by atoms with Crippen LogP contribution in [-0.4, -0.2) is 23.7 Å². The van der Waals surface area contributed by atoms with Gasteiger partial charge in [0.05, 0.1) is 16.8 Å². The van der Waals surface area contributed by atoms with Crippen LogP contribution in [0.4, 0.5) is 0 Å². The lowest BCUT2D eigenvalue weighted by molar-refractivity contribution is 0.0996. The predicted octanol–water partition coefficient (Wildman–Crippen LogP) is 4.55. The van der Waals surface area contributed by atoms with Crippen molar-refractivity contribution in [1.82, 2.24) is 4.57 Å². The van der Waals surface area contributed by atoms with Crippen LogP contribution in [0.3, 0.4) is 0 Å². The summed E-state index contributed by atoms with van der Waals surface area (Å²) < 4.78 is 9.63. The minimum absolute atomic E-state index is 0.226. The van der Waals surface area contributed by atoms with Crippen molar-refractivity contribution in [3.05, 3.63) is 62.9 Å². The molecule has 0 aliphatic rings. The van der Waals surface area contributed by atoms with E-state index in [1.807, 2.05) is 60.9 Å². The Hall–Kier alpha value is -1.76. The van der Waals surface area contributed by atoms with Gasteiger partial charge in [-0.1, -0.05) is 45.0 Å². The van der Waals surface area contributed by atoms with Gasteiger partial charge in [0, 0.05) is 23.2 Å². The van der Waals surface area contributed by atoms with Gasteiger partial charge in [-0.3, -0.25) is 4.79 Å². The van der Waals surface area contributed by atoms with Gasteiger partial charge < -0.3 is 9.30 Å². The van der Waals surface area contributed by atoms with E-state index in [0.717, 1.165) is 20.3 Å². The number of ether oxygens (including phenoxy) is 1. The number of benzene rings is 2. The van der Waals surface area contributed by atoms with Gasteiger partial charge in [0.15, 0.2) is 4.80 Å². The molecule has 0 bridgehead atoms. The van der Waals surface area contributed by atoms with E-state index >= 15 is 0 Å². The van der Waals surface area contributed by atoms with Crippen LogP contribution >= 0.6 is 27.3 Å². The van der Waals surface area contributed by atoms with Crippen LogP contribution < -0.4 is 4.80 Å². The van der Waals surface area contributed by atoms with Gasteiger partial charge in [-0.2, -0.15) is 4.99 Å².